The molecule has 1 aliphatic heterocycles. The Morgan fingerprint density at radius 3 is 2.67 bits per heavy atom. The van der Waals surface area contributed by atoms with Crippen molar-refractivity contribution in [2.75, 3.05) is 13.1 Å². The van der Waals surface area contributed by atoms with E-state index in [9.17, 15) is 14.7 Å². The molecule has 5 nitrogen and oxygen atoms in total. The zero-order valence-electron chi connectivity index (χ0n) is 11.1. The molecule has 102 valence electrons. The monoisotopic (exact) mass is 254 g/mol. The molecule has 5 heteroatoms. The Balaban J connectivity index is 1.77. The second-order valence-electron chi connectivity index (χ2n) is 5.69. The standard InChI is InChI=1S/C13H22N2O3/c1-8(2)15-7-10(5-12(15)17)13(18)14-6-11(16)9-3-4-9/h8-11,16H,3-7H2,1-2H3,(H,14,18). The van der Waals surface area contributed by atoms with E-state index in [1.807, 2.05) is 13.8 Å². The summed E-state index contributed by atoms with van der Waals surface area (Å²) in [5.74, 6) is 0.0491. The van der Waals surface area contributed by atoms with Crippen LogP contribution in [-0.4, -0.2) is 47.1 Å². The van der Waals surface area contributed by atoms with E-state index < -0.39 is 6.10 Å². The summed E-state index contributed by atoms with van der Waals surface area (Å²) >= 11 is 0. The molecule has 2 N–H and O–H groups in total. The summed E-state index contributed by atoms with van der Waals surface area (Å²) in [5, 5.41) is 12.4. The van der Waals surface area contributed by atoms with Crippen LogP contribution in [-0.2, 0) is 9.59 Å². The number of aliphatic hydroxyl groups is 1. The molecule has 2 atom stereocenters. The highest BCUT2D eigenvalue weighted by molar-refractivity contribution is 5.89. The summed E-state index contributed by atoms with van der Waals surface area (Å²) in [6.07, 6.45) is 1.98. The van der Waals surface area contributed by atoms with Gasteiger partial charge in [-0.25, -0.2) is 0 Å². The number of rotatable bonds is 5. The van der Waals surface area contributed by atoms with Crippen molar-refractivity contribution >= 4 is 11.8 Å². The second-order valence-corrected chi connectivity index (χ2v) is 5.69. The first-order valence-corrected chi connectivity index (χ1v) is 6.74. The van der Waals surface area contributed by atoms with Gasteiger partial charge >= 0.3 is 0 Å². The van der Waals surface area contributed by atoms with Crippen molar-refractivity contribution in [3.05, 3.63) is 0 Å². The fraction of sp³-hybridized carbons (Fsp3) is 0.846. The van der Waals surface area contributed by atoms with E-state index in [1.54, 1.807) is 4.90 Å². The summed E-state index contributed by atoms with van der Waals surface area (Å²) in [7, 11) is 0. The van der Waals surface area contributed by atoms with Gasteiger partial charge in [0.15, 0.2) is 0 Å². The van der Waals surface area contributed by atoms with Gasteiger partial charge in [0.1, 0.15) is 0 Å². The molecular weight excluding hydrogens is 232 g/mol. The van der Waals surface area contributed by atoms with Crippen LogP contribution >= 0.6 is 0 Å². The molecule has 1 saturated carbocycles. The SMILES string of the molecule is CC(C)N1CC(C(=O)NCC(O)C2CC2)CC1=O. The summed E-state index contributed by atoms with van der Waals surface area (Å²) < 4.78 is 0. The lowest BCUT2D eigenvalue weighted by molar-refractivity contribution is -0.130. The average molecular weight is 254 g/mol. The van der Waals surface area contributed by atoms with Gasteiger partial charge in [-0.2, -0.15) is 0 Å². The highest BCUT2D eigenvalue weighted by Gasteiger charge is 2.36. The fourth-order valence-corrected chi connectivity index (χ4v) is 2.40. The van der Waals surface area contributed by atoms with Crippen molar-refractivity contribution in [2.24, 2.45) is 11.8 Å². The minimum Gasteiger partial charge on any atom is -0.391 e. The minimum atomic E-state index is -0.424. The van der Waals surface area contributed by atoms with E-state index in [0.717, 1.165) is 12.8 Å². The molecule has 18 heavy (non-hydrogen) atoms. The number of hydrogen-bond acceptors (Lipinski definition) is 3. The van der Waals surface area contributed by atoms with Crippen molar-refractivity contribution in [2.45, 2.75) is 45.3 Å². The molecule has 0 radical (unpaired) electrons. The number of likely N-dealkylation sites (tertiary alicyclic amines) is 1. The van der Waals surface area contributed by atoms with Crippen LogP contribution in [0, 0.1) is 11.8 Å². The summed E-state index contributed by atoms with van der Waals surface area (Å²) in [6.45, 7) is 4.72. The van der Waals surface area contributed by atoms with Crippen molar-refractivity contribution in [3.8, 4) is 0 Å². The maximum atomic E-state index is 11.9. The summed E-state index contributed by atoms with van der Waals surface area (Å²) in [4.78, 5) is 25.3. The Hall–Kier alpha value is -1.10. The highest BCUT2D eigenvalue weighted by Crippen LogP contribution is 2.32. The van der Waals surface area contributed by atoms with E-state index >= 15 is 0 Å². The predicted octanol–water partition coefficient (Wildman–Crippen LogP) is 0.130. The zero-order valence-corrected chi connectivity index (χ0v) is 11.1. The average Bonchev–Trinajstić information content (AvgIpc) is 3.08. The van der Waals surface area contributed by atoms with Crippen molar-refractivity contribution in [1.29, 1.82) is 0 Å². The molecule has 2 unspecified atom stereocenters. The van der Waals surface area contributed by atoms with Gasteiger partial charge < -0.3 is 15.3 Å². The molecule has 0 aromatic heterocycles. The van der Waals surface area contributed by atoms with Gasteiger partial charge in [0, 0.05) is 25.6 Å². The molecule has 2 fully saturated rings. The smallest absolute Gasteiger partial charge is 0.225 e. The predicted molar refractivity (Wildman–Crippen MR) is 66.7 cm³/mol. The Bertz CT molecular complexity index is 339. The second kappa shape index (κ2) is 5.26. The first kappa shape index (κ1) is 13.3. The largest absolute Gasteiger partial charge is 0.391 e. The molecule has 0 spiro atoms. The Morgan fingerprint density at radius 1 is 1.50 bits per heavy atom. The van der Waals surface area contributed by atoms with E-state index in [0.29, 0.717) is 25.4 Å². The topological polar surface area (TPSA) is 69.6 Å². The first-order chi connectivity index (χ1) is 8.49. The van der Waals surface area contributed by atoms with Gasteiger partial charge in [-0.15, -0.1) is 0 Å². The molecule has 2 amide bonds. The van der Waals surface area contributed by atoms with Gasteiger partial charge in [-0.3, -0.25) is 9.59 Å². The lowest BCUT2D eigenvalue weighted by Crippen LogP contribution is -2.39. The van der Waals surface area contributed by atoms with Gasteiger partial charge in [0.25, 0.3) is 0 Å². The summed E-state index contributed by atoms with van der Waals surface area (Å²) in [5.41, 5.74) is 0. The number of aliphatic hydroxyl groups excluding tert-OH is 1. The van der Waals surface area contributed by atoms with Crippen molar-refractivity contribution < 1.29 is 14.7 Å². The molecular formula is C13H22N2O3. The lowest BCUT2D eigenvalue weighted by atomic mass is 10.1. The van der Waals surface area contributed by atoms with Gasteiger partial charge in [0.05, 0.1) is 12.0 Å². The van der Waals surface area contributed by atoms with E-state index in [-0.39, 0.29) is 23.8 Å². The lowest BCUT2D eigenvalue weighted by Gasteiger charge is -2.20. The number of nitrogens with zero attached hydrogens (tertiary/aromatic N) is 1. The zero-order chi connectivity index (χ0) is 13.3. The molecule has 2 rings (SSSR count). The molecule has 1 saturated heterocycles. The van der Waals surface area contributed by atoms with Crippen LogP contribution in [0.15, 0.2) is 0 Å². The van der Waals surface area contributed by atoms with Crippen LogP contribution in [0.1, 0.15) is 33.1 Å². The van der Waals surface area contributed by atoms with E-state index in [1.165, 1.54) is 0 Å². The molecule has 0 aromatic rings. The third kappa shape index (κ3) is 3.02. The molecule has 1 heterocycles. The third-order valence-corrected chi connectivity index (χ3v) is 3.80. The number of carbonyl (C=O) groups excluding carboxylic acids is 2. The molecule has 0 bridgehead atoms. The summed E-state index contributed by atoms with van der Waals surface area (Å²) in [6, 6.07) is 0.146. The van der Waals surface area contributed by atoms with E-state index in [2.05, 4.69) is 5.32 Å². The molecule has 0 aromatic carbocycles. The number of carbonyl (C=O) groups is 2. The van der Waals surface area contributed by atoms with Gasteiger partial charge in [0.2, 0.25) is 11.8 Å². The van der Waals surface area contributed by atoms with Crippen LogP contribution < -0.4 is 5.32 Å². The Labute approximate surface area is 108 Å². The van der Waals surface area contributed by atoms with Crippen LogP contribution in [0.3, 0.4) is 0 Å². The number of hydrogen-bond donors (Lipinski definition) is 2. The minimum absolute atomic E-state index is 0.0490. The first-order valence-electron chi connectivity index (χ1n) is 6.74. The normalized spacial score (nSPS) is 25.7. The highest BCUT2D eigenvalue weighted by atomic mass is 16.3. The fourth-order valence-electron chi connectivity index (χ4n) is 2.40. The number of nitrogens with one attached hydrogen (secondary N) is 1. The van der Waals surface area contributed by atoms with Crippen LogP contribution in [0.25, 0.3) is 0 Å². The van der Waals surface area contributed by atoms with Crippen LogP contribution in [0.4, 0.5) is 0 Å². The molecule has 2 aliphatic rings. The Kier molecular flexibility index (Phi) is 3.90. The molecule has 1 aliphatic carbocycles. The third-order valence-electron chi connectivity index (χ3n) is 3.80. The van der Waals surface area contributed by atoms with E-state index in [4.69, 9.17) is 0 Å². The van der Waals surface area contributed by atoms with Crippen LogP contribution in [0.2, 0.25) is 0 Å². The maximum Gasteiger partial charge on any atom is 0.225 e. The quantitative estimate of drug-likeness (QED) is 0.732. The van der Waals surface area contributed by atoms with Gasteiger partial charge in [-0.1, -0.05) is 0 Å². The van der Waals surface area contributed by atoms with Gasteiger partial charge in [-0.05, 0) is 32.6 Å². The van der Waals surface area contributed by atoms with Crippen molar-refractivity contribution in [3.63, 3.8) is 0 Å². The number of amides is 2. The Morgan fingerprint density at radius 2 is 2.17 bits per heavy atom. The van der Waals surface area contributed by atoms with Crippen molar-refractivity contribution in [1.82, 2.24) is 10.2 Å². The maximum absolute atomic E-state index is 11.9. The van der Waals surface area contributed by atoms with Crippen LogP contribution in [0.5, 0.6) is 0 Å².